The first-order chi connectivity index (χ1) is 29.0. The molecular weight excluding hydrogens is 779 g/mol. The van der Waals surface area contributed by atoms with Crippen LogP contribution in [0.4, 0.5) is 20.4 Å². The van der Waals surface area contributed by atoms with Gasteiger partial charge in [0.15, 0.2) is 11.6 Å². The van der Waals surface area contributed by atoms with E-state index in [0.717, 1.165) is 59.2 Å². The highest BCUT2D eigenvalue weighted by Gasteiger charge is 2.29. The summed E-state index contributed by atoms with van der Waals surface area (Å²) in [5, 5.41) is 35.5. The number of amides is 1. The number of nitrogens with zero attached hydrogens (tertiary/aromatic N) is 6. The number of halogens is 2. The second-order valence-corrected chi connectivity index (χ2v) is 17.4. The molecule has 4 aromatic carbocycles. The number of aliphatic hydroxyl groups is 1. The number of aromatic nitrogens is 4. The number of carbonyl (C=O) groups excluding carboxylic acids is 1. The van der Waals surface area contributed by atoms with Crippen molar-refractivity contribution in [2.75, 3.05) is 36.0 Å². The highest BCUT2D eigenvalue weighted by atomic mass is 19.1. The summed E-state index contributed by atoms with van der Waals surface area (Å²) in [5.74, 6) is -0.0648. The minimum atomic E-state index is -1.03. The highest BCUT2D eigenvalue weighted by molar-refractivity contribution is 5.93. The first kappa shape index (κ1) is 43.1. The van der Waals surface area contributed by atoms with Gasteiger partial charge in [0.1, 0.15) is 40.9 Å². The molecule has 1 amide bonds. The Morgan fingerprint density at radius 3 is 1.61 bits per heavy atom. The summed E-state index contributed by atoms with van der Waals surface area (Å²) in [7, 11) is 0. The maximum atomic E-state index is 14.6. The molecule has 6 N–H and O–H groups in total. The molecule has 0 bridgehead atoms. The number of nitrogens with one attached hydrogen (secondary N) is 1. The fourth-order valence-electron chi connectivity index (χ4n) is 7.94. The third kappa shape index (κ3) is 9.98. The van der Waals surface area contributed by atoms with Crippen LogP contribution in [0.15, 0.2) is 72.8 Å². The fourth-order valence-corrected chi connectivity index (χ4v) is 7.94. The molecule has 2 fully saturated rings. The number of phenols is 2. The van der Waals surface area contributed by atoms with Gasteiger partial charge in [-0.25, -0.2) is 28.7 Å². The summed E-state index contributed by atoms with van der Waals surface area (Å²) in [6.45, 7) is 12.8. The van der Waals surface area contributed by atoms with Crippen LogP contribution in [-0.4, -0.2) is 85.5 Å². The lowest BCUT2D eigenvalue weighted by Crippen LogP contribution is -2.48. The molecule has 0 spiro atoms. The summed E-state index contributed by atoms with van der Waals surface area (Å²) >= 11 is 0. The molecule has 2 aliphatic heterocycles. The lowest BCUT2D eigenvalue weighted by Gasteiger charge is -2.34. The normalized spacial score (nSPS) is 15.8. The number of nitrogens with two attached hydrogens (primary N) is 1. The van der Waals surface area contributed by atoms with E-state index in [1.165, 1.54) is 36.4 Å². The molecule has 8 rings (SSSR count). The number of benzene rings is 4. The van der Waals surface area contributed by atoms with Gasteiger partial charge in [-0.3, -0.25) is 4.79 Å². The lowest BCUT2D eigenvalue weighted by molar-refractivity contribution is -0.131. The highest BCUT2D eigenvalue weighted by Crippen LogP contribution is 2.36. The van der Waals surface area contributed by atoms with Gasteiger partial charge in [0.25, 0.3) is 0 Å². The van der Waals surface area contributed by atoms with Gasteiger partial charge in [-0.05, 0) is 111 Å². The van der Waals surface area contributed by atoms with Gasteiger partial charge >= 0.3 is 0 Å². The molecule has 6 aromatic rings. The Balaban J connectivity index is 0.000000192. The molecule has 0 unspecified atom stereocenters. The molecule has 0 saturated carbocycles. The van der Waals surface area contributed by atoms with Crippen molar-refractivity contribution >= 4 is 39.3 Å². The van der Waals surface area contributed by atoms with E-state index in [-0.39, 0.29) is 57.7 Å². The van der Waals surface area contributed by atoms with E-state index >= 15 is 0 Å². The van der Waals surface area contributed by atoms with Gasteiger partial charge in [0.2, 0.25) is 5.91 Å². The Labute approximate surface area is 354 Å². The molecule has 2 aliphatic rings. The molecule has 320 valence electrons. The first-order valence-electron chi connectivity index (χ1n) is 20.8. The van der Waals surface area contributed by atoms with Crippen molar-refractivity contribution in [2.45, 2.75) is 84.9 Å². The van der Waals surface area contributed by atoms with Crippen LogP contribution in [0.2, 0.25) is 0 Å². The molecule has 1 atom stereocenters. The maximum absolute atomic E-state index is 14.6. The standard InChI is InChI=1S/C27H33FN4O3.C20H21FN4O/c1-16-8-9-18-20(14-16)30-24(23-19(28)6-5-7-21(23)33)31-25(18)32-12-10-17(11-13-32)29-26(35)22(34)15-27(2,3)4;1-12-5-6-14-16(11-12)23-19(18-15(21)3-2-4-17(18)26)24-20(14)25-9-7-13(22)8-10-25/h5-9,14,17,22,33-34H,10-13,15H2,1-4H3,(H,29,35);2-6,11,13,26H,7-10,22H2,1H3/t22-;/m1./s1. The van der Waals surface area contributed by atoms with Gasteiger partial charge in [-0.15, -0.1) is 0 Å². The van der Waals surface area contributed by atoms with E-state index in [1.54, 1.807) is 0 Å². The summed E-state index contributed by atoms with van der Waals surface area (Å²) in [4.78, 5) is 35.2. The van der Waals surface area contributed by atoms with Crippen molar-refractivity contribution in [1.82, 2.24) is 25.3 Å². The van der Waals surface area contributed by atoms with Crippen molar-refractivity contribution in [1.29, 1.82) is 0 Å². The Bertz CT molecular complexity index is 2510. The monoisotopic (exact) mass is 832 g/mol. The maximum Gasteiger partial charge on any atom is 0.249 e. The fraction of sp³-hybridized carbons (Fsp3) is 0.383. The van der Waals surface area contributed by atoms with Crippen LogP contribution in [0.3, 0.4) is 0 Å². The van der Waals surface area contributed by atoms with E-state index in [9.17, 15) is 28.9 Å². The van der Waals surface area contributed by atoms with E-state index < -0.39 is 17.7 Å². The molecule has 4 heterocycles. The smallest absolute Gasteiger partial charge is 0.249 e. The number of aryl methyl sites for hydroxylation is 2. The zero-order valence-electron chi connectivity index (χ0n) is 35.3. The van der Waals surface area contributed by atoms with Gasteiger partial charge in [-0.1, -0.05) is 45.0 Å². The van der Waals surface area contributed by atoms with Crippen molar-refractivity contribution in [2.24, 2.45) is 11.1 Å². The second-order valence-electron chi connectivity index (χ2n) is 17.4. The summed E-state index contributed by atoms with van der Waals surface area (Å²) in [6, 6.07) is 20.4. The molecule has 0 radical (unpaired) electrons. The topological polar surface area (TPSA) is 174 Å². The van der Waals surface area contributed by atoms with E-state index in [1.807, 2.05) is 71.0 Å². The number of rotatable bonds is 7. The summed E-state index contributed by atoms with van der Waals surface area (Å²) in [6.07, 6.45) is 2.51. The SMILES string of the molecule is Cc1ccc2c(N3CCC(N)CC3)nc(-c3c(O)cccc3F)nc2c1.Cc1ccc2c(N3CCC(NC(=O)[C@H](O)CC(C)(C)C)CC3)nc(-c3c(O)cccc3F)nc2c1. The number of hydrogen-bond acceptors (Lipinski definition) is 11. The van der Waals surface area contributed by atoms with Crippen LogP contribution in [0.5, 0.6) is 11.5 Å². The average Bonchev–Trinajstić information content (AvgIpc) is 3.20. The predicted molar refractivity (Wildman–Crippen MR) is 236 cm³/mol. The number of fused-ring (bicyclic) bond motifs is 2. The van der Waals surface area contributed by atoms with Gasteiger partial charge < -0.3 is 36.2 Å². The van der Waals surface area contributed by atoms with Crippen LogP contribution >= 0.6 is 0 Å². The van der Waals surface area contributed by atoms with Crippen LogP contribution < -0.4 is 20.9 Å². The number of phenolic OH excluding ortho intramolecular Hbond substituents is 2. The van der Waals surface area contributed by atoms with E-state index in [2.05, 4.69) is 35.1 Å². The Kier molecular flexibility index (Phi) is 12.7. The van der Waals surface area contributed by atoms with Crippen LogP contribution in [-0.2, 0) is 4.79 Å². The number of aromatic hydroxyl groups is 2. The molecule has 2 aromatic heterocycles. The molecule has 0 aliphatic carbocycles. The summed E-state index contributed by atoms with van der Waals surface area (Å²) < 4.78 is 29.0. The van der Waals surface area contributed by atoms with Crippen LogP contribution in [0, 0.1) is 30.9 Å². The molecule has 61 heavy (non-hydrogen) atoms. The van der Waals surface area contributed by atoms with Crippen molar-refractivity contribution in [3.8, 4) is 34.3 Å². The largest absolute Gasteiger partial charge is 0.507 e. The van der Waals surface area contributed by atoms with E-state index in [4.69, 9.17) is 5.73 Å². The molecule has 2 saturated heterocycles. The minimum absolute atomic E-state index is 0.0212. The number of piperidine rings is 2. The third-order valence-electron chi connectivity index (χ3n) is 11.2. The zero-order valence-corrected chi connectivity index (χ0v) is 35.3. The molecule has 12 nitrogen and oxygen atoms in total. The third-order valence-corrected chi connectivity index (χ3v) is 11.2. The van der Waals surface area contributed by atoms with Crippen molar-refractivity contribution in [3.63, 3.8) is 0 Å². The lowest BCUT2D eigenvalue weighted by atomic mass is 9.89. The Morgan fingerprint density at radius 1 is 0.738 bits per heavy atom. The Morgan fingerprint density at radius 2 is 1.18 bits per heavy atom. The van der Waals surface area contributed by atoms with Gasteiger partial charge in [0, 0.05) is 49.0 Å². The number of aliphatic hydroxyl groups excluding tert-OH is 1. The van der Waals surface area contributed by atoms with Crippen molar-refractivity contribution < 1.29 is 28.9 Å². The van der Waals surface area contributed by atoms with E-state index in [0.29, 0.717) is 43.7 Å². The molecular formula is C47H54F2N8O4. The van der Waals surface area contributed by atoms with Gasteiger partial charge in [0.05, 0.1) is 22.2 Å². The number of carbonyl (C=O) groups is 1. The average molecular weight is 833 g/mol. The first-order valence-corrected chi connectivity index (χ1v) is 20.8. The Hall–Kier alpha value is -5.99. The quantitative estimate of drug-likeness (QED) is 0.107. The van der Waals surface area contributed by atoms with Crippen LogP contribution in [0.1, 0.15) is 64.0 Å². The number of anilines is 2. The van der Waals surface area contributed by atoms with Crippen molar-refractivity contribution in [3.05, 3.63) is 95.6 Å². The summed E-state index contributed by atoms with van der Waals surface area (Å²) in [5.41, 5.74) is 9.39. The minimum Gasteiger partial charge on any atom is -0.507 e. The predicted octanol–water partition coefficient (Wildman–Crippen LogP) is 7.71. The van der Waals surface area contributed by atoms with Crippen LogP contribution in [0.25, 0.3) is 44.6 Å². The number of hydrogen-bond donors (Lipinski definition) is 5. The second kappa shape index (κ2) is 17.9. The van der Waals surface area contributed by atoms with Gasteiger partial charge in [-0.2, -0.15) is 0 Å². The molecule has 14 heteroatoms. The zero-order chi connectivity index (χ0) is 43.6.